The van der Waals surface area contributed by atoms with Crippen LogP contribution in [0.15, 0.2) is 54.6 Å². The number of halogens is 1. The zero-order valence-electron chi connectivity index (χ0n) is 14.2. The molecule has 0 N–H and O–H groups in total. The van der Waals surface area contributed by atoms with Crippen LogP contribution in [-0.4, -0.2) is 18.0 Å². The third-order valence-electron chi connectivity index (χ3n) is 4.65. The molecule has 0 unspecified atom stereocenters. The highest BCUT2D eigenvalue weighted by atomic mass is 35.5. The van der Waals surface area contributed by atoms with Gasteiger partial charge in [0.05, 0.1) is 0 Å². The lowest BCUT2D eigenvalue weighted by Gasteiger charge is -2.32. The Bertz CT molecular complexity index is 687. The van der Waals surface area contributed by atoms with Gasteiger partial charge in [-0.25, -0.2) is 0 Å². The first kappa shape index (κ1) is 17.8. The van der Waals surface area contributed by atoms with E-state index in [-0.39, 0.29) is 23.9 Å². The lowest BCUT2D eigenvalue weighted by Crippen LogP contribution is -2.29. The van der Waals surface area contributed by atoms with E-state index in [1.165, 1.54) is 0 Å². The average Bonchev–Trinajstić information content (AvgIpc) is 2.68. The minimum atomic E-state index is -0.346. The minimum absolute atomic E-state index is 0.102. The second kappa shape index (κ2) is 8.91. The zero-order valence-corrected chi connectivity index (χ0v) is 15.0. The number of ether oxygens (including phenoxy) is 2. The van der Waals surface area contributed by atoms with Crippen molar-refractivity contribution in [3.05, 3.63) is 65.7 Å². The monoisotopic (exact) mass is 358 g/mol. The van der Waals surface area contributed by atoms with Crippen molar-refractivity contribution in [2.75, 3.05) is 5.88 Å². The summed E-state index contributed by atoms with van der Waals surface area (Å²) in [5.74, 6) is 0.578. The summed E-state index contributed by atoms with van der Waals surface area (Å²) in [6.45, 7) is 0.525. The molecule has 0 saturated heterocycles. The van der Waals surface area contributed by atoms with Gasteiger partial charge in [-0.2, -0.15) is 0 Å². The predicted octanol–water partition coefficient (Wildman–Crippen LogP) is 5.07. The van der Waals surface area contributed by atoms with Crippen molar-refractivity contribution in [3.63, 3.8) is 0 Å². The van der Waals surface area contributed by atoms with Gasteiger partial charge >= 0.3 is 5.97 Å². The van der Waals surface area contributed by atoms with Crippen LogP contribution in [0.2, 0.25) is 0 Å². The Kier molecular flexibility index (Phi) is 6.35. The third kappa shape index (κ3) is 4.76. The quantitative estimate of drug-likeness (QED) is 0.534. The second-order valence-electron chi connectivity index (χ2n) is 6.36. The molecule has 2 aromatic carbocycles. The number of para-hydroxylation sites is 1. The van der Waals surface area contributed by atoms with E-state index in [0.717, 1.165) is 42.6 Å². The van der Waals surface area contributed by atoms with Crippen LogP contribution in [-0.2, 0) is 16.1 Å². The first-order chi connectivity index (χ1) is 12.3. The molecule has 1 fully saturated rings. The standard InChI is InChI=1S/C21H23ClO3/c22-14-21(23)25-20-13-7-5-11-18(20)17-10-4-6-12-19(17)24-15-16-8-2-1-3-9-16/h1-4,6,8-10,12,18,20H,5,7,11,13-15H2/t18-,20+/m1/s1. The molecule has 3 rings (SSSR count). The van der Waals surface area contributed by atoms with Crippen LogP contribution in [0.5, 0.6) is 5.75 Å². The van der Waals surface area contributed by atoms with Gasteiger partial charge in [-0.1, -0.05) is 55.0 Å². The van der Waals surface area contributed by atoms with Crippen molar-refractivity contribution in [1.82, 2.24) is 0 Å². The number of carbonyl (C=O) groups is 1. The number of hydrogen-bond donors (Lipinski definition) is 0. The maximum absolute atomic E-state index is 11.7. The van der Waals surface area contributed by atoms with Gasteiger partial charge in [0.25, 0.3) is 0 Å². The molecule has 1 aliphatic carbocycles. The second-order valence-corrected chi connectivity index (χ2v) is 6.63. The molecule has 0 heterocycles. The molecule has 0 spiro atoms. The van der Waals surface area contributed by atoms with Gasteiger partial charge in [-0.15, -0.1) is 11.6 Å². The Labute approximate surface area is 153 Å². The number of alkyl halides is 1. The van der Waals surface area contributed by atoms with Crippen LogP contribution in [0.1, 0.15) is 42.7 Å². The normalized spacial score (nSPS) is 20.0. The molecule has 25 heavy (non-hydrogen) atoms. The van der Waals surface area contributed by atoms with E-state index >= 15 is 0 Å². The summed E-state index contributed by atoms with van der Waals surface area (Å²) in [4.78, 5) is 11.7. The van der Waals surface area contributed by atoms with Crippen LogP contribution in [0.25, 0.3) is 0 Å². The van der Waals surface area contributed by atoms with Gasteiger partial charge in [0.15, 0.2) is 0 Å². The summed E-state index contributed by atoms with van der Waals surface area (Å²) in [5, 5.41) is 0. The largest absolute Gasteiger partial charge is 0.489 e. The molecule has 0 radical (unpaired) electrons. The molecule has 1 saturated carbocycles. The molecule has 132 valence electrons. The smallest absolute Gasteiger partial charge is 0.321 e. The maximum Gasteiger partial charge on any atom is 0.321 e. The van der Waals surface area contributed by atoms with Crippen molar-refractivity contribution in [1.29, 1.82) is 0 Å². The lowest BCUT2D eigenvalue weighted by molar-refractivity contribution is -0.148. The molecule has 2 atom stereocenters. The molecule has 4 heteroatoms. The zero-order chi connectivity index (χ0) is 17.5. The number of hydrogen-bond acceptors (Lipinski definition) is 3. The Balaban J connectivity index is 1.77. The summed E-state index contributed by atoms with van der Waals surface area (Å²) >= 11 is 5.61. The van der Waals surface area contributed by atoms with Crippen molar-refractivity contribution in [2.24, 2.45) is 0 Å². The van der Waals surface area contributed by atoms with Gasteiger partial charge in [0.2, 0.25) is 0 Å². The molecular formula is C21H23ClO3. The molecule has 0 bridgehead atoms. The van der Waals surface area contributed by atoms with Crippen LogP contribution in [0.3, 0.4) is 0 Å². The molecule has 1 aliphatic rings. The molecule has 0 aromatic heterocycles. The summed E-state index contributed by atoms with van der Waals surface area (Å²) in [6, 6.07) is 18.2. The third-order valence-corrected chi connectivity index (χ3v) is 4.87. The summed E-state index contributed by atoms with van der Waals surface area (Å²) in [5.41, 5.74) is 2.25. The Morgan fingerprint density at radius 2 is 1.72 bits per heavy atom. The highest BCUT2D eigenvalue weighted by molar-refractivity contribution is 6.26. The molecule has 0 aliphatic heterocycles. The SMILES string of the molecule is O=C(CCl)O[C@H]1CCCC[C@@H]1c1ccccc1OCc1ccccc1. The summed E-state index contributed by atoms with van der Waals surface area (Å²) < 4.78 is 11.7. The fraction of sp³-hybridized carbons (Fsp3) is 0.381. The predicted molar refractivity (Wildman–Crippen MR) is 99.0 cm³/mol. The van der Waals surface area contributed by atoms with Crippen LogP contribution >= 0.6 is 11.6 Å². The van der Waals surface area contributed by atoms with Crippen LogP contribution in [0, 0.1) is 0 Å². The number of rotatable bonds is 6. The molecule has 0 amide bonds. The maximum atomic E-state index is 11.7. The number of carbonyl (C=O) groups excluding carboxylic acids is 1. The Hall–Kier alpha value is -2.00. The van der Waals surface area contributed by atoms with Crippen molar-refractivity contribution >= 4 is 17.6 Å². The Morgan fingerprint density at radius 3 is 2.52 bits per heavy atom. The minimum Gasteiger partial charge on any atom is -0.489 e. The fourth-order valence-electron chi connectivity index (χ4n) is 3.45. The van der Waals surface area contributed by atoms with Gasteiger partial charge in [0, 0.05) is 11.5 Å². The molecule has 3 nitrogen and oxygen atoms in total. The van der Waals surface area contributed by atoms with E-state index in [1.807, 2.05) is 48.5 Å². The highest BCUT2D eigenvalue weighted by Gasteiger charge is 2.31. The average molecular weight is 359 g/mol. The van der Waals surface area contributed by atoms with E-state index in [9.17, 15) is 4.79 Å². The molecule has 2 aromatic rings. The van der Waals surface area contributed by atoms with E-state index < -0.39 is 0 Å². The van der Waals surface area contributed by atoms with Crippen LogP contribution < -0.4 is 4.74 Å². The van der Waals surface area contributed by atoms with Gasteiger partial charge in [-0.3, -0.25) is 4.79 Å². The number of benzene rings is 2. The van der Waals surface area contributed by atoms with E-state index in [2.05, 4.69) is 6.07 Å². The highest BCUT2D eigenvalue weighted by Crippen LogP contribution is 2.39. The van der Waals surface area contributed by atoms with Gasteiger partial charge < -0.3 is 9.47 Å². The van der Waals surface area contributed by atoms with E-state index in [0.29, 0.717) is 6.61 Å². The van der Waals surface area contributed by atoms with Gasteiger partial charge in [-0.05, 0) is 30.9 Å². The fourth-order valence-corrected chi connectivity index (χ4v) is 3.51. The van der Waals surface area contributed by atoms with Gasteiger partial charge in [0.1, 0.15) is 24.3 Å². The van der Waals surface area contributed by atoms with E-state index in [1.54, 1.807) is 0 Å². The van der Waals surface area contributed by atoms with Crippen molar-refractivity contribution in [2.45, 2.75) is 44.3 Å². The number of esters is 1. The summed E-state index contributed by atoms with van der Waals surface area (Å²) in [7, 11) is 0. The topological polar surface area (TPSA) is 35.5 Å². The van der Waals surface area contributed by atoms with E-state index in [4.69, 9.17) is 21.1 Å². The summed E-state index contributed by atoms with van der Waals surface area (Å²) in [6.07, 6.45) is 3.95. The lowest BCUT2D eigenvalue weighted by atomic mass is 9.81. The van der Waals surface area contributed by atoms with Crippen molar-refractivity contribution in [3.8, 4) is 5.75 Å². The first-order valence-corrected chi connectivity index (χ1v) is 9.32. The Morgan fingerprint density at radius 1 is 1.00 bits per heavy atom. The van der Waals surface area contributed by atoms with Crippen LogP contribution in [0.4, 0.5) is 0 Å². The van der Waals surface area contributed by atoms with Crippen molar-refractivity contribution < 1.29 is 14.3 Å². The first-order valence-electron chi connectivity index (χ1n) is 8.79. The molecular weight excluding hydrogens is 336 g/mol.